The van der Waals surface area contributed by atoms with Crippen molar-refractivity contribution in [2.24, 2.45) is 0 Å². The Morgan fingerprint density at radius 1 is 0.786 bits per heavy atom. The lowest BCUT2D eigenvalue weighted by Crippen LogP contribution is -2.30. The van der Waals surface area contributed by atoms with Crippen molar-refractivity contribution in [3.63, 3.8) is 0 Å². The fraction of sp³-hybridized carbons (Fsp3) is 0.160. The number of benzene rings is 3. The number of hydrogen-bond donors (Lipinski definition) is 1. The summed E-state index contributed by atoms with van der Waals surface area (Å²) in [5.41, 5.74) is 5.78. The molecule has 0 spiro atoms. The van der Waals surface area contributed by atoms with Crippen molar-refractivity contribution < 1.29 is 0 Å². The SMILES string of the molecule is CC(Cn1nc(-c2ccccc2)cc1-c1ccccc1)NCc1ccccc1. The van der Waals surface area contributed by atoms with Crippen LogP contribution in [-0.4, -0.2) is 15.8 Å². The highest BCUT2D eigenvalue weighted by Crippen LogP contribution is 2.26. The fourth-order valence-corrected chi connectivity index (χ4v) is 3.36. The maximum atomic E-state index is 4.93. The van der Waals surface area contributed by atoms with E-state index in [2.05, 4.69) is 95.8 Å². The molecule has 0 amide bonds. The zero-order chi connectivity index (χ0) is 19.2. The molecule has 1 N–H and O–H groups in total. The second-order valence-corrected chi connectivity index (χ2v) is 7.10. The first-order valence-corrected chi connectivity index (χ1v) is 9.75. The van der Waals surface area contributed by atoms with Crippen LogP contribution in [0.15, 0.2) is 97.1 Å². The summed E-state index contributed by atoms with van der Waals surface area (Å²) in [5.74, 6) is 0. The molecular weight excluding hydrogens is 342 g/mol. The molecule has 4 aromatic rings. The normalized spacial score (nSPS) is 12.0. The van der Waals surface area contributed by atoms with E-state index in [1.807, 2.05) is 18.2 Å². The first kappa shape index (κ1) is 18.2. The molecular formula is C25H25N3. The number of nitrogens with one attached hydrogen (secondary N) is 1. The van der Waals surface area contributed by atoms with Gasteiger partial charge in [-0.25, -0.2) is 0 Å². The van der Waals surface area contributed by atoms with Gasteiger partial charge in [0.05, 0.1) is 17.9 Å². The van der Waals surface area contributed by atoms with Crippen molar-refractivity contribution in [2.45, 2.75) is 26.1 Å². The van der Waals surface area contributed by atoms with E-state index in [1.165, 1.54) is 11.1 Å². The second kappa shape index (κ2) is 8.68. The molecule has 3 heteroatoms. The van der Waals surface area contributed by atoms with Gasteiger partial charge in [-0.15, -0.1) is 0 Å². The van der Waals surface area contributed by atoms with Crippen LogP contribution < -0.4 is 5.32 Å². The molecule has 4 rings (SSSR count). The highest BCUT2D eigenvalue weighted by molar-refractivity contribution is 5.68. The van der Waals surface area contributed by atoms with Crippen molar-refractivity contribution in [3.8, 4) is 22.5 Å². The molecule has 140 valence electrons. The average molecular weight is 367 g/mol. The van der Waals surface area contributed by atoms with Crippen LogP contribution in [0.4, 0.5) is 0 Å². The molecule has 3 nitrogen and oxygen atoms in total. The first-order valence-electron chi connectivity index (χ1n) is 9.75. The molecule has 0 aliphatic heterocycles. The van der Waals surface area contributed by atoms with Crippen molar-refractivity contribution in [1.82, 2.24) is 15.1 Å². The average Bonchev–Trinajstić information content (AvgIpc) is 3.18. The van der Waals surface area contributed by atoms with Gasteiger partial charge in [0.15, 0.2) is 0 Å². The molecule has 0 saturated carbocycles. The highest BCUT2D eigenvalue weighted by atomic mass is 15.3. The van der Waals surface area contributed by atoms with Crippen LogP contribution in [0.3, 0.4) is 0 Å². The van der Waals surface area contributed by atoms with Gasteiger partial charge in [-0.1, -0.05) is 91.0 Å². The van der Waals surface area contributed by atoms with Gasteiger partial charge in [0.1, 0.15) is 0 Å². The van der Waals surface area contributed by atoms with Gasteiger partial charge in [-0.2, -0.15) is 5.10 Å². The summed E-state index contributed by atoms with van der Waals surface area (Å²) in [6.07, 6.45) is 0. The maximum Gasteiger partial charge on any atom is 0.0929 e. The Bertz CT molecular complexity index is 992. The summed E-state index contributed by atoms with van der Waals surface area (Å²) < 4.78 is 2.13. The third kappa shape index (κ3) is 4.38. The summed E-state index contributed by atoms with van der Waals surface area (Å²) in [4.78, 5) is 0. The number of hydrogen-bond acceptors (Lipinski definition) is 2. The van der Waals surface area contributed by atoms with Gasteiger partial charge in [0.2, 0.25) is 0 Å². The van der Waals surface area contributed by atoms with Crippen LogP contribution in [0.5, 0.6) is 0 Å². The third-order valence-electron chi connectivity index (χ3n) is 4.86. The van der Waals surface area contributed by atoms with Gasteiger partial charge < -0.3 is 5.32 Å². The summed E-state index contributed by atoms with van der Waals surface area (Å²) in [5, 5.41) is 8.54. The molecule has 3 aromatic carbocycles. The minimum Gasteiger partial charge on any atom is -0.308 e. The van der Waals surface area contributed by atoms with Crippen LogP contribution >= 0.6 is 0 Å². The quantitative estimate of drug-likeness (QED) is 0.474. The molecule has 1 unspecified atom stereocenters. The molecule has 0 aliphatic carbocycles. The first-order chi connectivity index (χ1) is 13.8. The molecule has 0 aliphatic rings. The van der Waals surface area contributed by atoms with Crippen molar-refractivity contribution in [1.29, 1.82) is 0 Å². The summed E-state index contributed by atoms with van der Waals surface area (Å²) in [6, 6.07) is 33.8. The van der Waals surface area contributed by atoms with E-state index in [-0.39, 0.29) is 0 Å². The molecule has 28 heavy (non-hydrogen) atoms. The zero-order valence-electron chi connectivity index (χ0n) is 16.1. The minimum atomic E-state index is 0.297. The zero-order valence-corrected chi connectivity index (χ0v) is 16.1. The standard InChI is InChI=1S/C25H25N3/c1-20(26-18-21-11-5-2-6-12-21)19-28-25(23-15-9-4-10-16-23)17-24(27-28)22-13-7-3-8-14-22/h2-17,20,26H,18-19H2,1H3. The Hall–Kier alpha value is -3.17. The van der Waals surface area contributed by atoms with E-state index in [0.717, 1.165) is 30.0 Å². The highest BCUT2D eigenvalue weighted by Gasteiger charge is 2.13. The molecule has 1 heterocycles. The van der Waals surface area contributed by atoms with Crippen LogP contribution in [0.25, 0.3) is 22.5 Å². The topological polar surface area (TPSA) is 29.9 Å². The van der Waals surface area contributed by atoms with Gasteiger partial charge in [0, 0.05) is 18.2 Å². The lowest BCUT2D eigenvalue weighted by atomic mass is 10.1. The van der Waals surface area contributed by atoms with Gasteiger partial charge >= 0.3 is 0 Å². The van der Waals surface area contributed by atoms with Gasteiger partial charge in [-0.3, -0.25) is 4.68 Å². The second-order valence-electron chi connectivity index (χ2n) is 7.10. The summed E-state index contributed by atoms with van der Waals surface area (Å²) in [6.45, 7) is 3.88. The number of aromatic nitrogens is 2. The van der Waals surface area contributed by atoms with Crippen molar-refractivity contribution in [3.05, 3.63) is 103 Å². The fourth-order valence-electron chi connectivity index (χ4n) is 3.36. The van der Waals surface area contributed by atoms with E-state index in [9.17, 15) is 0 Å². The minimum absolute atomic E-state index is 0.297. The van der Waals surface area contributed by atoms with Gasteiger partial charge in [0.25, 0.3) is 0 Å². The number of rotatable bonds is 7. The predicted octanol–water partition coefficient (Wildman–Crippen LogP) is 5.40. The molecule has 0 bridgehead atoms. The monoisotopic (exact) mass is 367 g/mol. The van der Waals surface area contributed by atoms with Crippen LogP contribution in [0.2, 0.25) is 0 Å². The van der Waals surface area contributed by atoms with E-state index < -0.39 is 0 Å². The van der Waals surface area contributed by atoms with Gasteiger partial charge in [-0.05, 0) is 24.1 Å². The van der Waals surface area contributed by atoms with E-state index in [4.69, 9.17) is 5.10 Å². The van der Waals surface area contributed by atoms with E-state index in [0.29, 0.717) is 6.04 Å². The summed E-state index contributed by atoms with van der Waals surface area (Å²) in [7, 11) is 0. The molecule has 0 radical (unpaired) electrons. The van der Waals surface area contributed by atoms with Crippen molar-refractivity contribution >= 4 is 0 Å². The molecule has 1 aromatic heterocycles. The molecule has 1 atom stereocenters. The Labute approximate surface area is 166 Å². The lowest BCUT2D eigenvalue weighted by Gasteiger charge is -2.16. The van der Waals surface area contributed by atoms with Crippen LogP contribution in [-0.2, 0) is 13.1 Å². The Balaban J connectivity index is 1.57. The Morgan fingerprint density at radius 3 is 2.00 bits per heavy atom. The van der Waals surface area contributed by atoms with E-state index in [1.54, 1.807) is 0 Å². The third-order valence-corrected chi connectivity index (χ3v) is 4.86. The van der Waals surface area contributed by atoms with E-state index >= 15 is 0 Å². The molecule has 0 fully saturated rings. The lowest BCUT2D eigenvalue weighted by molar-refractivity contribution is 0.454. The number of nitrogens with zero attached hydrogens (tertiary/aromatic N) is 2. The summed E-state index contributed by atoms with van der Waals surface area (Å²) >= 11 is 0. The van der Waals surface area contributed by atoms with Crippen LogP contribution in [0.1, 0.15) is 12.5 Å². The van der Waals surface area contributed by atoms with Crippen LogP contribution in [0, 0.1) is 0 Å². The predicted molar refractivity (Wildman–Crippen MR) is 116 cm³/mol. The maximum absolute atomic E-state index is 4.93. The Kier molecular flexibility index (Phi) is 5.64. The smallest absolute Gasteiger partial charge is 0.0929 e. The van der Waals surface area contributed by atoms with Crippen molar-refractivity contribution in [2.75, 3.05) is 0 Å². The largest absolute Gasteiger partial charge is 0.308 e. The Morgan fingerprint density at radius 2 is 1.36 bits per heavy atom. The molecule has 0 saturated heterocycles.